The Morgan fingerprint density at radius 1 is 1.27 bits per heavy atom. The maximum atomic E-state index is 10.6. The van der Waals surface area contributed by atoms with Gasteiger partial charge in [0.15, 0.2) is 13.1 Å². The number of rotatable bonds is 7. The maximum absolute atomic E-state index is 10.6. The van der Waals surface area contributed by atoms with Gasteiger partial charge in [0.05, 0.1) is 18.8 Å². The standard InChI is InChI=1S/C11H14O4/c1-13-6-7-14-9-15-11-5-3-2-4-10(11)8-12/h2-5,8H,6-7,9H2,1H3. The summed E-state index contributed by atoms with van der Waals surface area (Å²) >= 11 is 0. The minimum Gasteiger partial charge on any atom is -0.467 e. The average Bonchev–Trinajstić information content (AvgIpc) is 2.29. The number of para-hydroxylation sites is 1. The van der Waals surface area contributed by atoms with Crippen LogP contribution >= 0.6 is 0 Å². The van der Waals surface area contributed by atoms with Crippen molar-refractivity contribution in [2.75, 3.05) is 27.1 Å². The topological polar surface area (TPSA) is 44.8 Å². The van der Waals surface area contributed by atoms with Gasteiger partial charge in [0.25, 0.3) is 0 Å². The lowest BCUT2D eigenvalue weighted by atomic mass is 10.2. The van der Waals surface area contributed by atoms with Crippen LogP contribution in [0.5, 0.6) is 5.75 Å². The Morgan fingerprint density at radius 3 is 2.80 bits per heavy atom. The number of carbonyl (C=O) groups is 1. The van der Waals surface area contributed by atoms with E-state index in [1.54, 1.807) is 31.4 Å². The summed E-state index contributed by atoms with van der Waals surface area (Å²) in [5, 5.41) is 0. The van der Waals surface area contributed by atoms with Crippen LogP contribution < -0.4 is 4.74 Å². The van der Waals surface area contributed by atoms with E-state index in [1.807, 2.05) is 0 Å². The summed E-state index contributed by atoms with van der Waals surface area (Å²) in [6.07, 6.45) is 0.754. The Balaban J connectivity index is 2.33. The Labute approximate surface area is 88.8 Å². The van der Waals surface area contributed by atoms with Crippen LogP contribution in [0.15, 0.2) is 24.3 Å². The molecule has 1 aromatic rings. The van der Waals surface area contributed by atoms with Gasteiger partial charge in [-0.3, -0.25) is 4.79 Å². The predicted molar refractivity (Wildman–Crippen MR) is 55.2 cm³/mol. The molecule has 0 aliphatic carbocycles. The lowest BCUT2D eigenvalue weighted by Crippen LogP contribution is -2.08. The van der Waals surface area contributed by atoms with Gasteiger partial charge in [-0.25, -0.2) is 0 Å². The molecule has 0 saturated carbocycles. The molecule has 0 aliphatic rings. The number of ether oxygens (including phenoxy) is 3. The fraction of sp³-hybridized carbons (Fsp3) is 0.364. The number of benzene rings is 1. The summed E-state index contributed by atoms with van der Waals surface area (Å²) in [6, 6.07) is 7.00. The highest BCUT2D eigenvalue weighted by Gasteiger charge is 2.00. The molecule has 0 fully saturated rings. The SMILES string of the molecule is COCCOCOc1ccccc1C=O. The van der Waals surface area contributed by atoms with Crippen molar-refractivity contribution in [1.29, 1.82) is 0 Å². The van der Waals surface area contributed by atoms with Crippen molar-refractivity contribution in [3.63, 3.8) is 0 Å². The van der Waals surface area contributed by atoms with Crippen molar-refractivity contribution in [3.8, 4) is 5.75 Å². The molecule has 0 bridgehead atoms. The highest BCUT2D eigenvalue weighted by molar-refractivity contribution is 5.79. The van der Waals surface area contributed by atoms with Gasteiger partial charge in [0.2, 0.25) is 0 Å². The second-order valence-electron chi connectivity index (χ2n) is 2.82. The van der Waals surface area contributed by atoms with Gasteiger partial charge in [-0.05, 0) is 12.1 Å². The first-order valence-corrected chi connectivity index (χ1v) is 4.62. The summed E-state index contributed by atoms with van der Waals surface area (Å²) in [7, 11) is 1.60. The fourth-order valence-corrected chi connectivity index (χ4v) is 1.02. The molecule has 0 aliphatic heterocycles. The Bertz CT molecular complexity index is 298. The first-order chi connectivity index (χ1) is 7.38. The van der Waals surface area contributed by atoms with E-state index in [9.17, 15) is 4.79 Å². The van der Waals surface area contributed by atoms with Crippen LogP contribution in [0.1, 0.15) is 10.4 Å². The number of methoxy groups -OCH3 is 1. The summed E-state index contributed by atoms with van der Waals surface area (Å²) in [5.74, 6) is 0.532. The van der Waals surface area contributed by atoms with Crippen LogP contribution in [0.3, 0.4) is 0 Å². The molecule has 1 aromatic carbocycles. The van der Waals surface area contributed by atoms with Crippen LogP contribution in [0.4, 0.5) is 0 Å². The molecule has 0 unspecified atom stereocenters. The van der Waals surface area contributed by atoms with Crippen molar-refractivity contribution in [1.82, 2.24) is 0 Å². The number of hydrogen-bond donors (Lipinski definition) is 0. The molecule has 1 rings (SSSR count). The molecule has 0 aromatic heterocycles. The van der Waals surface area contributed by atoms with Gasteiger partial charge in [-0.15, -0.1) is 0 Å². The third kappa shape index (κ3) is 4.10. The largest absolute Gasteiger partial charge is 0.467 e. The number of carbonyl (C=O) groups excluding carboxylic acids is 1. The zero-order valence-corrected chi connectivity index (χ0v) is 8.64. The lowest BCUT2D eigenvalue weighted by molar-refractivity contribution is -0.00866. The smallest absolute Gasteiger partial charge is 0.189 e. The monoisotopic (exact) mass is 210 g/mol. The van der Waals surface area contributed by atoms with Crippen LogP contribution in [-0.2, 0) is 9.47 Å². The summed E-state index contributed by atoms with van der Waals surface area (Å²) < 4.78 is 15.2. The molecule has 0 saturated heterocycles. The van der Waals surface area contributed by atoms with Crippen molar-refractivity contribution >= 4 is 6.29 Å². The van der Waals surface area contributed by atoms with Gasteiger partial charge in [0.1, 0.15) is 5.75 Å². The third-order valence-electron chi connectivity index (χ3n) is 1.78. The summed E-state index contributed by atoms with van der Waals surface area (Å²) in [4.78, 5) is 10.6. The molecular formula is C11H14O4. The van der Waals surface area contributed by atoms with Gasteiger partial charge < -0.3 is 14.2 Å². The van der Waals surface area contributed by atoms with Crippen LogP contribution in [0.25, 0.3) is 0 Å². The van der Waals surface area contributed by atoms with Crippen molar-refractivity contribution in [2.45, 2.75) is 0 Å². The molecule has 82 valence electrons. The van der Waals surface area contributed by atoms with Gasteiger partial charge in [-0.1, -0.05) is 12.1 Å². The minimum atomic E-state index is 0.119. The van der Waals surface area contributed by atoms with E-state index < -0.39 is 0 Å². The highest BCUT2D eigenvalue weighted by Crippen LogP contribution is 2.15. The summed E-state index contributed by atoms with van der Waals surface area (Å²) in [5.41, 5.74) is 0.521. The van der Waals surface area contributed by atoms with Gasteiger partial charge >= 0.3 is 0 Å². The minimum absolute atomic E-state index is 0.119. The number of hydrogen-bond acceptors (Lipinski definition) is 4. The van der Waals surface area contributed by atoms with E-state index >= 15 is 0 Å². The van der Waals surface area contributed by atoms with E-state index in [0.29, 0.717) is 24.5 Å². The van der Waals surface area contributed by atoms with Crippen molar-refractivity contribution in [3.05, 3.63) is 29.8 Å². The normalized spacial score (nSPS) is 9.93. The van der Waals surface area contributed by atoms with Crippen LogP contribution in [0.2, 0.25) is 0 Å². The van der Waals surface area contributed by atoms with Gasteiger partial charge in [-0.2, -0.15) is 0 Å². The van der Waals surface area contributed by atoms with Crippen molar-refractivity contribution in [2.24, 2.45) is 0 Å². The first-order valence-electron chi connectivity index (χ1n) is 4.62. The number of aldehydes is 1. The highest BCUT2D eigenvalue weighted by atomic mass is 16.7. The first kappa shape index (κ1) is 11.7. The van der Waals surface area contributed by atoms with E-state index in [1.165, 1.54) is 0 Å². The van der Waals surface area contributed by atoms with Crippen LogP contribution in [0, 0.1) is 0 Å². The van der Waals surface area contributed by atoms with Gasteiger partial charge in [0, 0.05) is 7.11 Å². The average molecular weight is 210 g/mol. The Morgan fingerprint density at radius 2 is 2.07 bits per heavy atom. The second kappa shape index (κ2) is 6.98. The molecule has 4 heteroatoms. The third-order valence-corrected chi connectivity index (χ3v) is 1.78. The molecule has 0 radical (unpaired) electrons. The van der Waals surface area contributed by atoms with Crippen molar-refractivity contribution < 1.29 is 19.0 Å². The predicted octanol–water partition coefficient (Wildman–Crippen LogP) is 1.50. The molecule has 0 atom stereocenters. The van der Waals surface area contributed by atoms with Crippen LogP contribution in [-0.4, -0.2) is 33.4 Å². The van der Waals surface area contributed by atoms with E-state index in [0.717, 1.165) is 6.29 Å². The fourth-order valence-electron chi connectivity index (χ4n) is 1.02. The molecule has 0 spiro atoms. The molecular weight excluding hydrogens is 196 g/mol. The molecule has 0 amide bonds. The van der Waals surface area contributed by atoms with E-state index in [4.69, 9.17) is 14.2 Å². The van der Waals surface area contributed by atoms with E-state index in [2.05, 4.69) is 0 Å². The zero-order chi connectivity index (χ0) is 10.9. The molecule has 15 heavy (non-hydrogen) atoms. The van der Waals surface area contributed by atoms with E-state index in [-0.39, 0.29) is 6.79 Å². The summed E-state index contributed by atoms with van der Waals surface area (Å²) in [6.45, 7) is 1.12. The lowest BCUT2D eigenvalue weighted by Gasteiger charge is -2.08. The zero-order valence-electron chi connectivity index (χ0n) is 8.64. The molecule has 0 heterocycles. The second-order valence-corrected chi connectivity index (χ2v) is 2.82. The quantitative estimate of drug-likeness (QED) is 0.388. The Hall–Kier alpha value is -1.39. The molecule has 0 N–H and O–H groups in total. The molecule has 4 nitrogen and oxygen atoms in total. The Kier molecular flexibility index (Phi) is 5.43. The maximum Gasteiger partial charge on any atom is 0.189 e.